The second-order valence-corrected chi connectivity index (χ2v) is 8.75. The molecular weight excluding hydrogens is 447 g/mol. The highest BCUT2D eigenvalue weighted by Crippen LogP contribution is 2.30. The van der Waals surface area contributed by atoms with E-state index in [-0.39, 0.29) is 23.9 Å². The molecule has 0 aliphatic carbocycles. The fourth-order valence-electron chi connectivity index (χ4n) is 4.41. The van der Waals surface area contributed by atoms with Crippen molar-refractivity contribution in [3.8, 4) is 0 Å². The van der Waals surface area contributed by atoms with Gasteiger partial charge >= 0.3 is 12.2 Å². The Kier molecular flexibility index (Phi) is 7.23. The van der Waals surface area contributed by atoms with Gasteiger partial charge in [-0.2, -0.15) is 13.2 Å². The molecule has 2 aromatic rings. The first-order chi connectivity index (χ1) is 16.3. The van der Waals surface area contributed by atoms with E-state index in [2.05, 4.69) is 15.6 Å². The third kappa shape index (κ3) is 5.98. The number of hydrogen-bond donors (Lipinski definition) is 2. The summed E-state index contributed by atoms with van der Waals surface area (Å²) in [4.78, 5) is 33.0. The Balaban J connectivity index is 1.24. The van der Waals surface area contributed by atoms with Crippen LogP contribution in [0.1, 0.15) is 31.2 Å². The molecule has 2 N–H and O–H groups in total. The maximum absolute atomic E-state index is 12.9. The van der Waals surface area contributed by atoms with Gasteiger partial charge in [0.05, 0.1) is 11.5 Å². The average Bonchev–Trinajstić information content (AvgIpc) is 2.85. The first kappa shape index (κ1) is 23.8. The number of likely N-dealkylation sites (tertiary alicyclic amines) is 1. The quantitative estimate of drug-likeness (QED) is 0.697. The monoisotopic (exact) mass is 475 g/mol. The third-order valence-corrected chi connectivity index (χ3v) is 6.34. The second kappa shape index (κ2) is 10.3. The molecule has 2 aliphatic rings. The molecular formula is C24H28F3N5O2. The van der Waals surface area contributed by atoms with Gasteiger partial charge in [0, 0.05) is 44.1 Å². The van der Waals surface area contributed by atoms with E-state index in [1.54, 1.807) is 4.90 Å². The summed E-state index contributed by atoms with van der Waals surface area (Å²) < 4.78 is 38.2. The Morgan fingerprint density at radius 3 is 2.35 bits per heavy atom. The molecule has 182 valence electrons. The number of nitrogens with zero attached hydrogens (tertiary/aromatic N) is 3. The molecule has 3 heterocycles. The van der Waals surface area contributed by atoms with Crippen LogP contribution in [0, 0.1) is 5.92 Å². The highest BCUT2D eigenvalue weighted by molar-refractivity contribution is 5.90. The van der Waals surface area contributed by atoms with Gasteiger partial charge in [-0.25, -0.2) is 9.78 Å². The molecule has 2 saturated heterocycles. The van der Waals surface area contributed by atoms with Gasteiger partial charge in [-0.05, 0) is 49.9 Å². The minimum atomic E-state index is -4.40. The number of amides is 3. The van der Waals surface area contributed by atoms with E-state index in [0.29, 0.717) is 50.5 Å². The molecule has 1 aromatic carbocycles. The molecule has 7 nitrogen and oxygen atoms in total. The van der Waals surface area contributed by atoms with Crippen molar-refractivity contribution in [3.05, 3.63) is 54.2 Å². The van der Waals surface area contributed by atoms with Gasteiger partial charge < -0.3 is 20.4 Å². The van der Waals surface area contributed by atoms with Crippen molar-refractivity contribution in [2.24, 2.45) is 5.92 Å². The van der Waals surface area contributed by atoms with E-state index in [1.165, 1.54) is 6.07 Å². The van der Waals surface area contributed by atoms with Crippen LogP contribution in [0.4, 0.5) is 29.5 Å². The number of urea groups is 1. The number of aromatic nitrogens is 1. The van der Waals surface area contributed by atoms with Crippen LogP contribution >= 0.6 is 0 Å². The van der Waals surface area contributed by atoms with Crippen molar-refractivity contribution in [1.29, 1.82) is 0 Å². The molecule has 1 aromatic heterocycles. The standard InChI is InChI=1S/C24H28F3N5O2/c25-24(26,27)18-8-9-21(28-15-18)31-13-10-20(11-14-31)29-22(33)17-5-4-12-32(16-17)23(34)30-19-6-2-1-3-7-19/h1-3,6-9,15,17,20H,4-5,10-14,16H2,(H,29,33)(H,30,34). The van der Waals surface area contributed by atoms with Crippen LogP contribution in [-0.4, -0.2) is 54.0 Å². The molecule has 0 bridgehead atoms. The predicted octanol–water partition coefficient (Wildman–Crippen LogP) is 4.13. The highest BCUT2D eigenvalue weighted by atomic mass is 19.4. The molecule has 3 amide bonds. The summed E-state index contributed by atoms with van der Waals surface area (Å²) in [7, 11) is 0. The number of hydrogen-bond acceptors (Lipinski definition) is 4. The van der Waals surface area contributed by atoms with Gasteiger partial charge in [-0.3, -0.25) is 4.79 Å². The number of alkyl halides is 3. The van der Waals surface area contributed by atoms with E-state index < -0.39 is 11.7 Å². The third-order valence-electron chi connectivity index (χ3n) is 6.34. The van der Waals surface area contributed by atoms with Crippen molar-refractivity contribution >= 4 is 23.4 Å². The number of anilines is 2. The van der Waals surface area contributed by atoms with Crippen LogP contribution in [0.15, 0.2) is 48.7 Å². The van der Waals surface area contributed by atoms with Crippen LogP contribution < -0.4 is 15.5 Å². The normalized spacial score (nSPS) is 19.6. The number of rotatable bonds is 4. The Morgan fingerprint density at radius 2 is 1.71 bits per heavy atom. The summed E-state index contributed by atoms with van der Waals surface area (Å²) in [5, 5.41) is 5.97. The van der Waals surface area contributed by atoms with Crippen molar-refractivity contribution < 1.29 is 22.8 Å². The highest BCUT2D eigenvalue weighted by Gasteiger charge is 2.32. The Bertz CT molecular complexity index is 976. The molecule has 0 saturated carbocycles. The summed E-state index contributed by atoms with van der Waals surface area (Å²) in [6.45, 7) is 2.18. The molecule has 2 aliphatic heterocycles. The number of piperidine rings is 2. The molecule has 10 heteroatoms. The lowest BCUT2D eigenvalue weighted by Gasteiger charge is -2.36. The van der Waals surface area contributed by atoms with Crippen LogP contribution in [0.25, 0.3) is 0 Å². The lowest BCUT2D eigenvalue weighted by Crippen LogP contribution is -2.50. The smallest absolute Gasteiger partial charge is 0.356 e. The molecule has 1 unspecified atom stereocenters. The zero-order valence-electron chi connectivity index (χ0n) is 18.7. The number of nitrogens with one attached hydrogen (secondary N) is 2. The van der Waals surface area contributed by atoms with E-state index in [0.717, 1.165) is 25.1 Å². The fourth-order valence-corrected chi connectivity index (χ4v) is 4.41. The lowest BCUT2D eigenvalue weighted by molar-refractivity contribution is -0.137. The summed E-state index contributed by atoms with van der Waals surface area (Å²) >= 11 is 0. The van der Waals surface area contributed by atoms with Crippen LogP contribution in [-0.2, 0) is 11.0 Å². The first-order valence-corrected chi connectivity index (χ1v) is 11.5. The number of carbonyl (C=O) groups excluding carboxylic acids is 2. The van der Waals surface area contributed by atoms with E-state index in [4.69, 9.17) is 0 Å². The molecule has 4 rings (SSSR count). The molecule has 34 heavy (non-hydrogen) atoms. The molecule has 0 radical (unpaired) electrons. The van der Waals surface area contributed by atoms with Gasteiger partial charge in [-0.15, -0.1) is 0 Å². The Labute approximate surface area is 196 Å². The summed E-state index contributed by atoms with van der Waals surface area (Å²) in [5.74, 6) is 0.193. The Morgan fingerprint density at radius 1 is 0.971 bits per heavy atom. The molecule has 0 spiro atoms. The van der Waals surface area contributed by atoms with Crippen LogP contribution in [0.3, 0.4) is 0 Å². The maximum atomic E-state index is 12.9. The van der Waals surface area contributed by atoms with Gasteiger partial charge in [0.25, 0.3) is 0 Å². The van der Waals surface area contributed by atoms with Crippen molar-refractivity contribution in [2.45, 2.75) is 37.9 Å². The zero-order chi connectivity index (χ0) is 24.1. The van der Waals surface area contributed by atoms with E-state index in [9.17, 15) is 22.8 Å². The number of pyridine rings is 1. The van der Waals surface area contributed by atoms with E-state index >= 15 is 0 Å². The number of halogens is 3. The van der Waals surface area contributed by atoms with Gasteiger partial charge in [0.15, 0.2) is 0 Å². The Hall–Kier alpha value is -3.30. The number of carbonyl (C=O) groups is 2. The molecule has 1 atom stereocenters. The van der Waals surface area contributed by atoms with Gasteiger partial charge in [0.1, 0.15) is 5.82 Å². The van der Waals surface area contributed by atoms with Crippen LogP contribution in [0.2, 0.25) is 0 Å². The van der Waals surface area contributed by atoms with Crippen molar-refractivity contribution in [1.82, 2.24) is 15.2 Å². The van der Waals surface area contributed by atoms with Gasteiger partial charge in [0.2, 0.25) is 5.91 Å². The minimum absolute atomic E-state index is 0.00767. The predicted molar refractivity (Wildman–Crippen MR) is 122 cm³/mol. The SMILES string of the molecule is O=C(NC1CCN(c2ccc(C(F)(F)F)cn2)CC1)C1CCCN(C(=O)Nc2ccccc2)C1. The molecule has 2 fully saturated rings. The van der Waals surface area contributed by atoms with Crippen molar-refractivity contribution in [2.75, 3.05) is 36.4 Å². The van der Waals surface area contributed by atoms with Crippen molar-refractivity contribution in [3.63, 3.8) is 0 Å². The largest absolute Gasteiger partial charge is 0.417 e. The summed E-state index contributed by atoms with van der Waals surface area (Å²) in [6, 6.07) is 11.4. The fraction of sp³-hybridized carbons (Fsp3) is 0.458. The maximum Gasteiger partial charge on any atom is 0.417 e. The number of para-hydroxylation sites is 1. The van der Waals surface area contributed by atoms with Crippen LogP contribution in [0.5, 0.6) is 0 Å². The minimum Gasteiger partial charge on any atom is -0.356 e. The summed E-state index contributed by atoms with van der Waals surface area (Å²) in [5.41, 5.74) is -0.0502. The zero-order valence-corrected chi connectivity index (χ0v) is 18.7. The lowest BCUT2D eigenvalue weighted by atomic mass is 9.96. The van der Waals surface area contributed by atoms with E-state index in [1.807, 2.05) is 35.2 Å². The topological polar surface area (TPSA) is 77.6 Å². The first-order valence-electron chi connectivity index (χ1n) is 11.5. The van der Waals surface area contributed by atoms with Gasteiger partial charge in [-0.1, -0.05) is 18.2 Å². The summed E-state index contributed by atoms with van der Waals surface area (Å²) in [6.07, 6.45) is -0.696. The second-order valence-electron chi connectivity index (χ2n) is 8.75. The number of benzene rings is 1. The average molecular weight is 476 g/mol.